The van der Waals surface area contributed by atoms with Gasteiger partial charge in [0.15, 0.2) is 0 Å². The molecule has 0 spiro atoms. The van der Waals surface area contributed by atoms with Crippen LogP contribution in [0.25, 0.3) is 11.4 Å². The van der Waals surface area contributed by atoms with Crippen LogP contribution in [0.5, 0.6) is 0 Å². The number of aryl methyl sites for hydroxylation is 3. The molecule has 0 radical (unpaired) electrons. The number of aromatic nitrogens is 2. The van der Waals surface area contributed by atoms with E-state index in [2.05, 4.69) is 37.0 Å². The third-order valence-electron chi connectivity index (χ3n) is 2.72. The second-order valence-corrected chi connectivity index (χ2v) is 4.14. The van der Waals surface area contributed by atoms with Crippen molar-refractivity contribution in [1.29, 1.82) is 0 Å². The molecule has 0 unspecified atom stereocenters. The van der Waals surface area contributed by atoms with Crippen LogP contribution >= 0.6 is 0 Å². The normalized spacial score (nSPS) is 10.8. The molecule has 3 nitrogen and oxygen atoms in total. The van der Waals surface area contributed by atoms with E-state index in [-0.39, 0.29) is 6.61 Å². The molecule has 0 aliphatic rings. The summed E-state index contributed by atoms with van der Waals surface area (Å²) in [5.74, 6) is 0.908. The summed E-state index contributed by atoms with van der Waals surface area (Å²) in [6.07, 6.45) is 1.86. The Balaban J connectivity index is 2.57. The lowest BCUT2D eigenvalue weighted by Gasteiger charge is -2.06. The Kier molecular flexibility index (Phi) is 2.79. The van der Waals surface area contributed by atoms with Gasteiger partial charge in [0.25, 0.3) is 0 Å². The van der Waals surface area contributed by atoms with E-state index in [1.54, 1.807) is 0 Å². The number of benzene rings is 1. The highest BCUT2D eigenvalue weighted by molar-refractivity contribution is 5.61. The largest absolute Gasteiger partial charge is 0.390 e. The minimum Gasteiger partial charge on any atom is -0.390 e. The zero-order valence-electron chi connectivity index (χ0n) is 9.86. The van der Waals surface area contributed by atoms with Gasteiger partial charge in [-0.2, -0.15) is 0 Å². The summed E-state index contributed by atoms with van der Waals surface area (Å²) in [7, 11) is 1.95. The van der Waals surface area contributed by atoms with Crippen LogP contribution in [-0.2, 0) is 13.7 Å². The maximum Gasteiger partial charge on any atom is 0.140 e. The van der Waals surface area contributed by atoms with Crippen LogP contribution in [-0.4, -0.2) is 14.7 Å². The molecular weight excluding hydrogens is 200 g/mol. The molecule has 0 atom stereocenters. The number of nitrogens with zero attached hydrogens (tertiary/aromatic N) is 2. The van der Waals surface area contributed by atoms with Gasteiger partial charge in [0.05, 0.1) is 12.3 Å². The summed E-state index contributed by atoms with van der Waals surface area (Å²) in [4.78, 5) is 4.41. The van der Waals surface area contributed by atoms with Gasteiger partial charge < -0.3 is 9.67 Å². The average molecular weight is 216 g/mol. The van der Waals surface area contributed by atoms with Crippen LogP contribution in [0.1, 0.15) is 16.8 Å². The Bertz CT molecular complexity index is 515. The first kappa shape index (κ1) is 10.9. The van der Waals surface area contributed by atoms with E-state index < -0.39 is 0 Å². The van der Waals surface area contributed by atoms with E-state index in [1.165, 1.54) is 11.1 Å². The van der Waals surface area contributed by atoms with Gasteiger partial charge in [-0.1, -0.05) is 17.7 Å². The predicted molar refractivity (Wildman–Crippen MR) is 64.0 cm³/mol. The second kappa shape index (κ2) is 4.10. The maximum atomic E-state index is 9.07. The second-order valence-electron chi connectivity index (χ2n) is 4.14. The van der Waals surface area contributed by atoms with Crippen molar-refractivity contribution >= 4 is 0 Å². The highest BCUT2D eigenvalue weighted by Gasteiger charge is 2.09. The molecule has 2 rings (SSSR count). The van der Waals surface area contributed by atoms with Crippen molar-refractivity contribution in [3.63, 3.8) is 0 Å². The lowest BCUT2D eigenvalue weighted by molar-refractivity contribution is 0.277. The van der Waals surface area contributed by atoms with Crippen molar-refractivity contribution in [2.75, 3.05) is 0 Å². The van der Waals surface area contributed by atoms with Gasteiger partial charge in [-0.3, -0.25) is 0 Å². The van der Waals surface area contributed by atoms with Gasteiger partial charge in [0, 0.05) is 18.8 Å². The number of hydrogen-bond donors (Lipinski definition) is 1. The first-order valence-electron chi connectivity index (χ1n) is 5.32. The zero-order chi connectivity index (χ0) is 11.7. The van der Waals surface area contributed by atoms with Crippen molar-refractivity contribution in [1.82, 2.24) is 9.55 Å². The molecule has 0 aliphatic carbocycles. The number of hydrogen-bond acceptors (Lipinski definition) is 2. The highest BCUT2D eigenvalue weighted by atomic mass is 16.3. The fourth-order valence-electron chi connectivity index (χ4n) is 1.83. The van der Waals surface area contributed by atoms with Gasteiger partial charge in [-0.05, 0) is 25.5 Å². The van der Waals surface area contributed by atoms with E-state index in [0.717, 1.165) is 11.4 Å². The van der Waals surface area contributed by atoms with Crippen molar-refractivity contribution in [3.05, 3.63) is 41.2 Å². The fraction of sp³-hybridized carbons (Fsp3) is 0.308. The number of imidazole rings is 1. The van der Waals surface area contributed by atoms with Crippen molar-refractivity contribution < 1.29 is 5.11 Å². The van der Waals surface area contributed by atoms with Crippen LogP contribution in [0.15, 0.2) is 24.4 Å². The number of aliphatic hydroxyl groups is 1. The van der Waals surface area contributed by atoms with Gasteiger partial charge in [0.1, 0.15) is 5.82 Å². The maximum absolute atomic E-state index is 9.07. The molecule has 1 aromatic heterocycles. The molecule has 16 heavy (non-hydrogen) atoms. The zero-order valence-corrected chi connectivity index (χ0v) is 9.86. The Labute approximate surface area is 95.4 Å². The van der Waals surface area contributed by atoms with Crippen LogP contribution in [0.4, 0.5) is 0 Å². The Morgan fingerprint density at radius 1 is 1.31 bits per heavy atom. The van der Waals surface area contributed by atoms with E-state index in [1.807, 2.05) is 17.8 Å². The molecule has 0 fully saturated rings. The highest BCUT2D eigenvalue weighted by Crippen LogP contribution is 2.23. The molecule has 1 heterocycles. The Hall–Kier alpha value is -1.61. The monoisotopic (exact) mass is 216 g/mol. The third-order valence-corrected chi connectivity index (χ3v) is 2.72. The van der Waals surface area contributed by atoms with Crippen molar-refractivity contribution in [2.24, 2.45) is 7.05 Å². The molecule has 0 amide bonds. The average Bonchev–Trinajstić information content (AvgIpc) is 2.63. The van der Waals surface area contributed by atoms with Crippen molar-refractivity contribution in [3.8, 4) is 11.4 Å². The molecule has 0 saturated carbocycles. The minimum atomic E-state index is -0.0152. The molecule has 1 N–H and O–H groups in total. The van der Waals surface area contributed by atoms with E-state index in [4.69, 9.17) is 5.11 Å². The lowest BCUT2D eigenvalue weighted by atomic mass is 10.1. The smallest absolute Gasteiger partial charge is 0.140 e. The van der Waals surface area contributed by atoms with Crippen LogP contribution in [0, 0.1) is 13.8 Å². The predicted octanol–water partition coefficient (Wildman–Crippen LogP) is 2.20. The summed E-state index contributed by atoms with van der Waals surface area (Å²) in [6.45, 7) is 4.12. The van der Waals surface area contributed by atoms with Crippen molar-refractivity contribution in [2.45, 2.75) is 20.5 Å². The molecule has 3 heteroatoms. The summed E-state index contributed by atoms with van der Waals surface area (Å²) in [5.41, 5.74) is 4.25. The molecule has 0 bridgehead atoms. The summed E-state index contributed by atoms with van der Waals surface area (Å²) in [6, 6.07) is 6.31. The third kappa shape index (κ3) is 1.86. The van der Waals surface area contributed by atoms with E-state index in [0.29, 0.717) is 5.69 Å². The fourth-order valence-corrected chi connectivity index (χ4v) is 1.83. The molecule has 0 saturated heterocycles. The quantitative estimate of drug-likeness (QED) is 0.835. The summed E-state index contributed by atoms with van der Waals surface area (Å²) >= 11 is 0. The molecule has 2 aromatic rings. The Morgan fingerprint density at radius 3 is 2.69 bits per heavy atom. The van der Waals surface area contributed by atoms with Gasteiger partial charge >= 0.3 is 0 Å². The topological polar surface area (TPSA) is 38.1 Å². The SMILES string of the molecule is Cc1ccc(C)c(-c2nc(CO)cn2C)c1. The number of rotatable bonds is 2. The van der Waals surface area contributed by atoms with Gasteiger partial charge in [-0.15, -0.1) is 0 Å². The first-order valence-corrected chi connectivity index (χ1v) is 5.32. The summed E-state index contributed by atoms with van der Waals surface area (Å²) in [5, 5.41) is 9.07. The van der Waals surface area contributed by atoms with Crippen LogP contribution in [0.3, 0.4) is 0 Å². The first-order chi connectivity index (χ1) is 7.61. The lowest BCUT2D eigenvalue weighted by Crippen LogP contribution is -1.94. The Morgan fingerprint density at radius 2 is 2.06 bits per heavy atom. The number of aliphatic hydroxyl groups excluding tert-OH is 1. The minimum absolute atomic E-state index is 0.0152. The van der Waals surface area contributed by atoms with E-state index >= 15 is 0 Å². The molecule has 84 valence electrons. The molecule has 0 aliphatic heterocycles. The standard InChI is InChI=1S/C13H16N2O/c1-9-4-5-10(2)12(6-9)13-14-11(8-16)7-15(13)3/h4-7,16H,8H2,1-3H3. The van der Waals surface area contributed by atoms with Crippen LogP contribution < -0.4 is 0 Å². The van der Waals surface area contributed by atoms with Crippen LogP contribution in [0.2, 0.25) is 0 Å². The summed E-state index contributed by atoms with van der Waals surface area (Å²) < 4.78 is 1.95. The van der Waals surface area contributed by atoms with Gasteiger partial charge in [0.2, 0.25) is 0 Å². The van der Waals surface area contributed by atoms with Gasteiger partial charge in [-0.25, -0.2) is 4.98 Å². The molecular formula is C13H16N2O. The molecule has 1 aromatic carbocycles. The van der Waals surface area contributed by atoms with E-state index in [9.17, 15) is 0 Å².